The number of Topliss-reactive ketones (excluding diaryl/α,β-unsaturated/α-hetero) is 1. The van der Waals surface area contributed by atoms with Crippen LogP contribution in [0, 0.1) is 23.5 Å². The first kappa shape index (κ1) is 15.1. The lowest BCUT2D eigenvalue weighted by atomic mass is 9.88. The Bertz CT molecular complexity index is 479. The normalized spacial score (nSPS) is 17.6. The molecule has 2 nitrogen and oxygen atoms in total. The van der Waals surface area contributed by atoms with Crippen molar-refractivity contribution in [2.75, 3.05) is 19.6 Å². The first-order valence-electron chi connectivity index (χ1n) is 7.19. The third-order valence-electron chi connectivity index (χ3n) is 3.78. The zero-order chi connectivity index (χ0) is 14.7. The molecule has 4 heteroatoms. The molecule has 1 aliphatic heterocycles. The Morgan fingerprint density at radius 2 is 1.95 bits per heavy atom. The lowest BCUT2D eigenvalue weighted by Crippen LogP contribution is -2.38. The van der Waals surface area contributed by atoms with E-state index in [-0.39, 0.29) is 17.3 Å². The minimum Gasteiger partial charge on any atom is -0.303 e. The van der Waals surface area contributed by atoms with Gasteiger partial charge in [-0.2, -0.15) is 0 Å². The summed E-state index contributed by atoms with van der Waals surface area (Å²) in [6.07, 6.45) is 1.50. The van der Waals surface area contributed by atoms with Gasteiger partial charge in [0.1, 0.15) is 11.6 Å². The second-order valence-corrected chi connectivity index (χ2v) is 5.96. The van der Waals surface area contributed by atoms with Gasteiger partial charge in [-0.25, -0.2) is 8.78 Å². The van der Waals surface area contributed by atoms with Crippen LogP contribution in [0.25, 0.3) is 0 Å². The van der Waals surface area contributed by atoms with Gasteiger partial charge in [-0.3, -0.25) is 4.79 Å². The zero-order valence-electron chi connectivity index (χ0n) is 12.0. The molecule has 1 heterocycles. The number of benzene rings is 1. The van der Waals surface area contributed by atoms with Crippen molar-refractivity contribution in [3.63, 3.8) is 0 Å². The molecule has 0 aromatic heterocycles. The molecule has 0 unspecified atom stereocenters. The van der Waals surface area contributed by atoms with Crippen LogP contribution in [0.1, 0.15) is 37.0 Å². The van der Waals surface area contributed by atoms with Gasteiger partial charge in [0, 0.05) is 18.5 Å². The maximum Gasteiger partial charge on any atom is 0.168 e. The van der Waals surface area contributed by atoms with Crippen LogP contribution in [0.5, 0.6) is 0 Å². The maximum atomic E-state index is 13.6. The van der Waals surface area contributed by atoms with E-state index in [0.717, 1.165) is 44.6 Å². The maximum absolute atomic E-state index is 13.6. The molecule has 0 atom stereocenters. The predicted molar refractivity (Wildman–Crippen MR) is 74.7 cm³/mol. The molecule has 1 aromatic rings. The van der Waals surface area contributed by atoms with E-state index in [1.54, 1.807) is 0 Å². The molecular formula is C16H21F2NO. The summed E-state index contributed by atoms with van der Waals surface area (Å²) < 4.78 is 26.5. The highest BCUT2D eigenvalue weighted by molar-refractivity contribution is 5.98. The number of hydrogen-bond donors (Lipinski definition) is 0. The first-order chi connectivity index (χ1) is 9.47. The minimum atomic E-state index is -0.750. The van der Waals surface area contributed by atoms with Crippen molar-refractivity contribution in [3.05, 3.63) is 35.4 Å². The fourth-order valence-corrected chi connectivity index (χ4v) is 2.80. The van der Waals surface area contributed by atoms with Crippen LogP contribution < -0.4 is 0 Å². The quantitative estimate of drug-likeness (QED) is 0.787. The number of likely N-dealkylation sites (tertiary alicyclic amines) is 1. The van der Waals surface area contributed by atoms with Gasteiger partial charge in [-0.15, -0.1) is 0 Å². The van der Waals surface area contributed by atoms with Crippen LogP contribution in [0.2, 0.25) is 0 Å². The second kappa shape index (κ2) is 6.44. The Balaban J connectivity index is 1.98. The van der Waals surface area contributed by atoms with Crippen molar-refractivity contribution < 1.29 is 13.6 Å². The van der Waals surface area contributed by atoms with Crippen molar-refractivity contribution in [3.8, 4) is 0 Å². The van der Waals surface area contributed by atoms with Crippen LogP contribution in [-0.4, -0.2) is 30.3 Å². The molecule has 0 amide bonds. The summed E-state index contributed by atoms with van der Waals surface area (Å²) in [7, 11) is 0. The Labute approximate surface area is 118 Å². The molecule has 0 saturated carbocycles. The molecule has 0 bridgehead atoms. The van der Waals surface area contributed by atoms with Crippen LogP contribution in [0.4, 0.5) is 8.78 Å². The van der Waals surface area contributed by atoms with Crippen LogP contribution in [-0.2, 0) is 0 Å². The van der Waals surface area contributed by atoms with E-state index in [1.807, 2.05) is 0 Å². The van der Waals surface area contributed by atoms with E-state index in [0.29, 0.717) is 5.92 Å². The number of nitrogens with zero attached hydrogens (tertiary/aromatic N) is 1. The van der Waals surface area contributed by atoms with Crippen molar-refractivity contribution >= 4 is 5.78 Å². The number of carbonyl (C=O) groups is 1. The molecule has 0 N–H and O–H groups in total. The Morgan fingerprint density at radius 1 is 1.30 bits per heavy atom. The Morgan fingerprint density at radius 3 is 2.50 bits per heavy atom. The van der Waals surface area contributed by atoms with E-state index >= 15 is 0 Å². The Kier molecular flexibility index (Phi) is 4.86. The fourth-order valence-electron chi connectivity index (χ4n) is 2.80. The van der Waals surface area contributed by atoms with Crippen molar-refractivity contribution in [2.45, 2.75) is 26.7 Å². The summed E-state index contributed by atoms with van der Waals surface area (Å²) in [6, 6.07) is 3.18. The van der Waals surface area contributed by atoms with Crippen LogP contribution >= 0.6 is 0 Å². The number of piperidine rings is 1. The molecule has 1 aliphatic rings. The highest BCUT2D eigenvalue weighted by Crippen LogP contribution is 2.23. The molecule has 1 saturated heterocycles. The molecule has 0 aliphatic carbocycles. The largest absolute Gasteiger partial charge is 0.303 e. The second-order valence-electron chi connectivity index (χ2n) is 5.96. The number of carbonyl (C=O) groups excluding carboxylic acids is 1. The summed E-state index contributed by atoms with van der Waals surface area (Å²) in [4.78, 5) is 14.6. The fraction of sp³-hybridized carbons (Fsp3) is 0.562. The summed E-state index contributed by atoms with van der Waals surface area (Å²) >= 11 is 0. The van der Waals surface area contributed by atoms with Crippen molar-refractivity contribution in [1.29, 1.82) is 0 Å². The minimum absolute atomic E-state index is 0.0220. The third-order valence-corrected chi connectivity index (χ3v) is 3.78. The monoisotopic (exact) mass is 281 g/mol. The van der Waals surface area contributed by atoms with E-state index < -0.39 is 11.6 Å². The topological polar surface area (TPSA) is 20.3 Å². The summed E-state index contributed by atoms with van der Waals surface area (Å²) in [5.41, 5.74) is 0.0220. The Hall–Kier alpha value is -1.29. The van der Waals surface area contributed by atoms with E-state index in [1.165, 1.54) is 6.07 Å². The van der Waals surface area contributed by atoms with Gasteiger partial charge in [0.15, 0.2) is 5.78 Å². The van der Waals surface area contributed by atoms with Gasteiger partial charge in [-0.05, 0) is 44.0 Å². The van der Waals surface area contributed by atoms with Gasteiger partial charge in [-0.1, -0.05) is 13.8 Å². The average molecular weight is 281 g/mol. The highest BCUT2D eigenvalue weighted by atomic mass is 19.1. The van der Waals surface area contributed by atoms with E-state index in [9.17, 15) is 13.6 Å². The lowest BCUT2D eigenvalue weighted by Gasteiger charge is -2.32. The molecular weight excluding hydrogens is 260 g/mol. The number of hydrogen-bond acceptors (Lipinski definition) is 2. The van der Waals surface area contributed by atoms with E-state index in [2.05, 4.69) is 18.7 Å². The van der Waals surface area contributed by atoms with E-state index in [4.69, 9.17) is 0 Å². The SMILES string of the molecule is CC(C)CN1CCC(C(=O)c2ccc(F)cc2F)CC1. The molecule has 0 radical (unpaired) electrons. The zero-order valence-corrected chi connectivity index (χ0v) is 12.0. The van der Waals surface area contributed by atoms with Crippen LogP contribution in [0.15, 0.2) is 18.2 Å². The molecule has 0 spiro atoms. The number of ketones is 1. The standard InChI is InChI=1S/C16H21F2NO/c1-11(2)10-19-7-5-12(6-8-19)16(20)14-4-3-13(17)9-15(14)18/h3-4,9,11-12H,5-8,10H2,1-2H3. The first-order valence-corrected chi connectivity index (χ1v) is 7.19. The molecule has 1 fully saturated rings. The summed E-state index contributed by atoms with van der Waals surface area (Å²) in [5.74, 6) is -1.12. The summed E-state index contributed by atoms with van der Waals surface area (Å²) in [5, 5.41) is 0. The lowest BCUT2D eigenvalue weighted by molar-refractivity contribution is 0.0827. The van der Waals surface area contributed by atoms with Crippen molar-refractivity contribution in [2.24, 2.45) is 11.8 Å². The van der Waals surface area contributed by atoms with Gasteiger partial charge >= 0.3 is 0 Å². The third kappa shape index (κ3) is 3.63. The van der Waals surface area contributed by atoms with Crippen LogP contribution in [0.3, 0.4) is 0 Å². The number of halogens is 2. The van der Waals surface area contributed by atoms with Gasteiger partial charge in [0.25, 0.3) is 0 Å². The predicted octanol–water partition coefficient (Wildman–Crippen LogP) is 3.52. The van der Waals surface area contributed by atoms with Gasteiger partial charge < -0.3 is 4.90 Å². The number of rotatable bonds is 4. The summed E-state index contributed by atoms with van der Waals surface area (Å²) in [6.45, 7) is 7.12. The average Bonchev–Trinajstić information content (AvgIpc) is 2.38. The molecule has 20 heavy (non-hydrogen) atoms. The molecule has 2 rings (SSSR count). The van der Waals surface area contributed by atoms with Crippen molar-refractivity contribution in [1.82, 2.24) is 4.90 Å². The molecule has 110 valence electrons. The molecule has 1 aromatic carbocycles. The van der Waals surface area contributed by atoms with Gasteiger partial charge in [0.2, 0.25) is 0 Å². The van der Waals surface area contributed by atoms with Gasteiger partial charge in [0.05, 0.1) is 5.56 Å². The smallest absolute Gasteiger partial charge is 0.168 e. The highest BCUT2D eigenvalue weighted by Gasteiger charge is 2.27.